The van der Waals surface area contributed by atoms with E-state index in [1.54, 1.807) is 0 Å². The number of nitrogens with zero attached hydrogens (tertiary/aromatic N) is 1. The summed E-state index contributed by atoms with van der Waals surface area (Å²) >= 11 is 6.53. The number of ether oxygens (including phenoxy) is 1. The van der Waals surface area contributed by atoms with Crippen LogP contribution in [0.1, 0.15) is 62.9 Å². The Hall–Kier alpha value is -2.90. The molecular formula is C30H37ClN4O3. The molecular weight excluding hydrogens is 500 g/mol. The first kappa shape index (κ1) is 26.7. The van der Waals surface area contributed by atoms with Crippen molar-refractivity contribution in [2.45, 2.75) is 63.8 Å². The van der Waals surface area contributed by atoms with E-state index >= 15 is 0 Å². The molecule has 0 radical (unpaired) electrons. The number of imidazole rings is 1. The number of hydrogen-bond acceptors (Lipinski definition) is 4. The summed E-state index contributed by atoms with van der Waals surface area (Å²) in [6.07, 6.45) is 3.74. The molecule has 1 saturated carbocycles. The fraction of sp³-hybridized carbons (Fsp3) is 0.500. The first-order chi connectivity index (χ1) is 18.3. The van der Waals surface area contributed by atoms with Crippen molar-refractivity contribution in [1.82, 2.24) is 20.6 Å². The van der Waals surface area contributed by atoms with Gasteiger partial charge in [-0.3, -0.25) is 9.59 Å². The van der Waals surface area contributed by atoms with Crippen LogP contribution < -0.4 is 10.6 Å². The lowest BCUT2D eigenvalue weighted by Crippen LogP contribution is -2.62. The van der Waals surface area contributed by atoms with E-state index in [1.165, 1.54) is 0 Å². The molecule has 2 aliphatic rings. The van der Waals surface area contributed by atoms with Gasteiger partial charge >= 0.3 is 0 Å². The summed E-state index contributed by atoms with van der Waals surface area (Å²) in [6, 6.07) is 13.4. The number of aromatic nitrogens is 2. The van der Waals surface area contributed by atoms with Gasteiger partial charge in [0, 0.05) is 18.0 Å². The summed E-state index contributed by atoms with van der Waals surface area (Å²) in [6.45, 7) is 7.41. The van der Waals surface area contributed by atoms with E-state index in [-0.39, 0.29) is 36.9 Å². The van der Waals surface area contributed by atoms with Crippen molar-refractivity contribution in [2.24, 2.45) is 11.8 Å². The number of rotatable bonds is 10. The Balaban J connectivity index is 1.38. The number of nitrogens with one attached hydrogen (secondary N) is 3. The van der Waals surface area contributed by atoms with E-state index in [2.05, 4.69) is 35.5 Å². The summed E-state index contributed by atoms with van der Waals surface area (Å²) < 4.78 is 5.56. The Morgan fingerprint density at radius 1 is 1.18 bits per heavy atom. The molecule has 38 heavy (non-hydrogen) atoms. The van der Waals surface area contributed by atoms with Crippen LogP contribution in [0.3, 0.4) is 0 Å². The van der Waals surface area contributed by atoms with Gasteiger partial charge in [-0.1, -0.05) is 56.1 Å². The maximum Gasteiger partial charge on any atom is 0.242 e. The van der Waals surface area contributed by atoms with Crippen molar-refractivity contribution in [3.8, 4) is 0 Å². The van der Waals surface area contributed by atoms with E-state index in [9.17, 15) is 9.59 Å². The zero-order valence-corrected chi connectivity index (χ0v) is 23.1. The molecule has 1 aliphatic heterocycles. The number of hydrogen-bond donors (Lipinski definition) is 3. The number of H-pyrrole nitrogens is 1. The predicted molar refractivity (Wildman–Crippen MR) is 149 cm³/mol. The maximum absolute atomic E-state index is 13.7. The number of benzene rings is 2. The minimum Gasteiger partial charge on any atom is -0.378 e. The summed E-state index contributed by atoms with van der Waals surface area (Å²) in [7, 11) is 0. The molecule has 1 aromatic heterocycles. The molecule has 202 valence electrons. The topological polar surface area (TPSA) is 96.1 Å². The monoisotopic (exact) mass is 536 g/mol. The Bertz CT molecular complexity index is 1310. The fourth-order valence-electron chi connectivity index (χ4n) is 5.61. The highest BCUT2D eigenvalue weighted by molar-refractivity contribution is 6.31. The molecule has 2 fully saturated rings. The van der Waals surface area contributed by atoms with Crippen LogP contribution in [0.15, 0.2) is 42.5 Å². The SMILES string of the molecule is CCNC(=O)[C@H](NC(=O)C1(c2ccc3[nH]c(C[C@H](c4ccccc4Cl)C(C)C)nc3c2)COC1)C1CCC1. The van der Waals surface area contributed by atoms with Crippen LogP contribution in [0.25, 0.3) is 11.0 Å². The zero-order chi connectivity index (χ0) is 26.9. The van der Waals surface area contributed by atoms with Gasteiger partial charge in [-0.05, 0) is 66.8 Å². The highest BCUT2D eigenvalue weighted by Gasteiger charge is 2.49. The quantitative estimate of drug-likeness (QED) is 0.344. The molecule has 8 heteroatoms. The summed E-state index contributed by atoms with van der Waals surface area (Å²) in [5, 5.41) is 6.75. The lowest BCUT2D eigenvalue weighted by molar-refractivity contribution is -0.148. The number of carbonyl (C=O) groups is 2. The number of amides is 2. The van der Waals surface area contributed by atoms with Crippen LogP contribution in [-0.2, 0) is 26.2 Å². The van der Waals surface area contributed by atoms with Crippen LogP contribution in [-0.4, -0.2) is 47.6 Å². The smallest absolute Gasteiger partial charge is 0.242 e. The van der Waals surface area contributed by atoms with Gasteiger partial charge in [0.15, 0.2) is 0 Å². The average molecular weight is 537 g/mol. The van der Waals surface area contributed by atoms with Crippen molar-refractivity contribution >= 4 is 34.4 Å². The molecule has 3 N–H and O–H groups in total. The highest BCUT2D eigenvalue weighted by atomic mass is 35.5. The first-order valence-corrected chi connectivity index (χ1v) is 14.1. The molecule has 0 spiro atoms. The van der Waals surface area contributed by atoms with Crippen molar-refractivity contribution in [1.29, 1.82) is 0 Å². The number of carbonyl (C=O) groups excluding carboxylic acids is 2. The molecule has 5 rings (SSSR count). The minimum absolute atomic E-state index is 0.105. The first-order valence-electron chi connectivity index (χ1n) is 13.7. The van der Waals surface area contributed by atoms with Crippen LogP contribution in [0.4, 0.5) is 0 Å². The van der Waals surface area contributed by atoms with Crippen LogP contribution in [0.5, 0.6) is 0 Å². The lowest BCUT2D eigenvalue weighted by Gasteiger charge is -2.42. The molecule has 3 aromatic rings. The van der Waals surface area contributed by atoms with Gasteiger partial charge in [0.05, 0.1) is 24.2 Å². The van der Waals surface area contributed by atoms with E-state index in [1.807, 2.05) is 43.3 Å². The van der Waals surface area contributed by atoms with Crippen molar-refractivity contribution in [2.75, 3.05) is 19.8 Å². The zero-order valence-electron chi connectivity index (χ0n) is 22.4. The second-order valence-corrected chi connectivity index (χ2v) is 11.5. The number of halogens is 1. The normalized spacial score (nSPS) is 18.4. The van der Waals surface area contributed by atoms with Gasteiger partial charge in [-0.25, -0.2) is 4.98 Å². The van der Waals surface area contributed by atoms with Gasteiger partial charge < -0.3 is 20.4 Å². The van der Waals surface area contributed by atoms with Crippen LogP contribution >= 0.6 is 11.6 Å². The van der Waals surface area contributed by atoms with Gasteiger partial charge in [-0.15, -0.1) is 0 Å². The molecule has 2 aromatic carbocycles. The van der Waals surface area contributed by atoms with Gasteiger partial charge in [0.25, 0.3) is 0 Å². The van der Waals surface area contributed by atoms with E-state index in [0.29, 0.717) is 12.5 Å². The molecule has 7 nitrogen and oxygen atoms in total. The third-order valence-corrected chi connectivity index (χ3v) is 8.62. The molecule has 0 unspecified atom stereocenters. The minimum atomic E-state index is -0.820. The van der Waals surface area contributed by atoms with E-state index in [4.69, 9.17) is 21.3 Å². The van der Waals surface area contributed by atoms with Crippen LogP contribution in [0, 0.1) is 11.8 Å². The second kappa shape index (κ2) is 11.1. The van der Waals surface area contributed by atoms with Crippen molar-refractivity contribution < 1.29 is 14.3 Å². The summed E-state index contributed by atoms with van der Waals surface area (Å²) in [4.78, 5) is 34.8. The average Bonchev–Trinajstić information content (AvgIpc) is 3.23. The Morgan fingerprint density at radius 2 is 1.95 bits per heavy atom. The number of likely N-dealkylation sites (N-methyl/N-ethyl adjacent to an activating group) is 1. The van der Waals surface area contributed by atoms with Crippen LogP contribution in [0.2, 0.25) is 5.02 Å². The van der Waals surface area contributed by atoms with Gasteiger partial charge in [0.2, 0.25) is 11.8 Å². The predicted octanol–water partition coefficient (Wildman–Crippen LogP) is 4.89. The van der Waals surface area contributed by atoms with E-state index < -0.39 is 11.5 Å². The Kier molecular flexibility index (Phi) is 7.78. The molecule has 1 aliphatic carbocycles. The summed E-state index contributed by atoms with van der Waals surface area (Å²) in [5.74, 6) is 1.42. The highest BCUT2D eigenvalue weighted by Crippen LogP contribution is 2.37. The third kappa shape index (κ3) is 5.06. The molecule has 2 atom stereocenters. The largest absolute Gasteiger partial charge is 0.378 e. The lowest BCUT2D eigenvalue weighted by atomic mass is 9.75. The Morgan fingerprint density at radius 3 is 2.55 bits per heavy atom. The van der Waals surface area contributed by atoms with Gasteiger partial charge in [0.1, 0.15) is 17.3 Å². The standard InChI is InChI=1S/C30H37ClN4O3/c1-4-32-28(36)27(19-8-7-9-19)35-29(37)30(16-38-17-30)20-12-13-24-25(14-20)34-26(33-24)15-22(18(2)3)21-10-5-6-11-23(21)31/h5-6,10-14,18-19,22,27H,4,7-9,15-17H2,1-3H3,(H,32,36)(H,33,34)(H,35,37)/t22-,27+/m0/s1. The molecule has 2 amide bonds. The number of aromatic amines is 1. The van der Waals surface area contributed by atoms with Crippen molar-refractivity contribution in [3.05, 3.63) is 64.4 Å². The van der Waals surface area contributed by atoms with Gasteiger partial charge in [-0.2, -0.15) is 0 Å². The van der Waals surface area contributed by atoms with E-state index in [0.717, 1.165) is 58.7 Å². The number of fused-ring (bicyclic) bond motifs is 1. The van der Waals surface area contributed by atoms with Crippen molar-refractivity contribution in [3.63, 3.8) is 0 Å². The molecule has 1 saturated heterocycles. The Labute approximate surface area is 229 Å². The maximum atomic E-state index is 13.7. The molecule has 0 bridgehead atoms. The molecule has 2 heterocycles. The summed E-state index contributed by atoms with van der Waals surface area (Å²) in [5.41, 5.74) is 2.91. The fourth-order valence-corrected chi connectivity index (χ4v) is 5.89. The third-order valence-electron chi connectivity index (χ3n) is 8.28. The second-order valence-electron chi connectivity index (χ2n) is 11.1.